The van der Waals surface area contributed by atoms with Crippen molar-refractivity contribution in [1.29, 1.82) is 0 Å². The van der Waals surface area contributed by atoms with Crippen molar-refractivity contribution in [1.82, 2.24) is 4.90 Å². The van der Waals surface area contributed by atoms with Gasteiger partial charge in [-0.25, -0.2) is 4.79 Å². The van der Waals surface area contributed by atoms with E-state index in [-0.39, 0.29) is 17.5 Å². The molecule has 0 bridgehead atoms. The van der Waals surface area contributed by atoms with Gasteiger partial charge in [-0.1, -0.05) is 19.9 Å². The van der Waals surface area contributed by atoms with Crippen molar-refractivity contribution in [3.63, 3.8) is 0 Å². The average Bonchev–Trinajstić information content (AvgIpc) is 3.23. The van der Waals surface area contributed by atoms with E-state index >= 15 is 0 Å². The Labute approximate surface area is 119 Å². The van der Waals surface area contributed by atoms with Gasteiger partial charge in [-0.05, 0) is 43.9 Å². The second-order valence-corrected chi connectivity index (χ2v) is 5.81. The van der Waals surface area contributed by atoms with E-state index in [1.807, 2.05) is 4.90 Å². The van der Waals surface area contributed by atoms with Gasteiger partial charge in [0, 0.05) is 17.6 Å². The van der Waals surface area contributed by atoms with Crippen LogP contribution in [0.5, 0.6) is 0 Å². The smallest absolute Gasteiger partial charge is 0.335 e. The Morgan fingerprint density at radius 1 is 1.20 bits per heavy atom. The summed E-state index contributed by atoms with van der Waals surface area (Å²) in [5.41, 5.74) is 0.619. The molecule has 0 saturated heterocycles. The largest absolute Gasteiger partial charge is 0.478 e. The molecule has 1 fully saturated rings. The fourth-order valence-corrected chi connectivity index (χ4v) is 2.29. The van der Waals surface area contributed by atoms with E-state index in [1.165, 1.54) is 12.1 Å². The number of rotatable bonds is 5. The standard InChI is InChI=1S/C16H21NO3/c1-10(2)11(3)17(14-7-8-14)15(18)12-5-4-6-13(9-12)16(19)20/h4-6,9-11,14H,7-8H2,1-3H3,(H,19,20)/t11-/m1/s1. The molecule has 1 amide bonds. The molecule has 0 radical (unpaired) electrons. The van der Waals surface area contributed by atoms with Crippen LogP contribution in [0.3, 0.4) is 0 Å². The predicted molar refractivity (Wildman–Crippen MR) is 76.9 cm³/mol. The van der Waals surface area contributed by atoms with Gasteiger partial charge < -0.3 is 10.0 Å². The van der Waals surface area contributed by atoms with Gasteiger partial charge in [0.25, 0.3) is 5.91 Å². The third-order valence-corrected chi connectivity index (χ3v) is 3.93. The maximum Gasteiger partial charge on any atom is 0.335 e. The number of carbonyl (C=O) groups is 2. The van der Waals surface area contributed by atoms with Gasteiger partial charge in [0.15, 0.2) is 0 Å². The highest BCUT2D eigenvalue weighted by Gasteiger charge is 2.37. The molecular weight excluding hydrogens is 254 g/mol. The zero-order chi connectivity index (χ0) is 14.9. The summed E-state index contributed by atoms with van der Waals surface area (Å²) < 4.78 is 0. The number of amides is 1. The number of carboxylic acid groups (broad SMARTS) is 1. The first kappa shape index (κ1) is 14.6. The van der Waals surface area contributed by atoms with Crippen LogP contribution in [0.15, 0.2) is 24.3 Å². The molecule has 1 aliphatic carbocycles. The molecule has 4 heteroatoms. The second kappa shape index (κ2) is 5.65. The summed E-state index contributed by atoms with van der Waals surface area (Å²) in [5.74, 6) is -0.687. The zero-order valence-electron chi connectivity index (χ0n) is 12.2. The molecule has 1 aliphatic rings. The maximum atomic E-state index is 12.7. The van der Waals surface area contributed by atoms with E-state index in [1.54, 1.807) is 12.1 Å². The van der Waals surface area contributed by atoms with Crippen LogP contribution in [0.4, 0.5) is 0 Å². The van der Waals surface area contributed by atoms with Gasteiger partial charge in [-0.2, -0.15) is 0 Å². The maximum absolute atomic E-state index is 12.7. The van der Waals surface area contributed by atoms with Gasteiger partial charge in [0.1, 0.15) is 0 Å². The Morgan fingerprint density at radius 2 is 1.80 bits per heavy atom. The van der Waals surface area contributed by atoms with Crippen LogP contribution in [0.1, 0.15) is 54.3 Å². The quantitative estimate of drug-likeness (QED) is 0.898. The highest BCUT2D eigenvalue weighted by atomic mass is 16.4. The molecule has 0 heterocycles. The van der Waals surface area contributed by atoms with Crippen molar-refractivity contribution in [2.45, 2.75) is 45.7 Å². The van der Waals surface area contributed by atoms with E-state index in [2.05, 4.69) is 20.8 Å². The fourth-order valence-electron chi connectivity index (χ4n) is 2.29. The van der Waals surface area contributed by atoms with Crippen molar-refractivity contribution in [2.75, 3.05) is 0 Å². The highest BCUT2D eigenvalue weighted by molar-refractivity contribution is 5.97. The molecular formula is C16H21NO3. The monoisotopic (exact) mass is 275 g/mol. The average molecular weight is 275 g/mol. The van der Waals surface area contributed by atoms with Crippen LogP contribution < -0.4 is 0 Å². The Bertz CT molecular complexity index is 520. The lowest BCUT2D eigenvalue weighted by molar-refractivity contribution is 0.0628. The van der Waals surface area contributed by atoms with Crippen LogP contribution >= 0.6 is 0 Å². The molecule has 1 saturated carbocycles. The second-order valence-electron chi connectivity index (χ2n) is 5.81. The Hall–Kier alpha value is -1.84. The van der Waals surface area contributed by atoms with E-state index in [9.17, 15) is 9.59 Å². The summed E-state index contributed by atoms with van der Waals surface area (Å²) in [6.07, 6.45) is 2.09. The molecule has 0 aliphatic heterocycles. The molecule has 0 unspecified atom stereocenters. The number of benzene rings is 1. The summed E-state index contributed by atoms with van der Waals surface area (Å²) in [5, 5.41) is 9.02. The van der Waals surface area contributed by atoms with E-state index in [0.717, 1.165) is 12.8 Å². The lowest BCUT2D eigenvalue weighted by atomic mass is 10.0. The van der Waals surface area contributed by atoms with Crippen molar-refractivity contribution >= 4 is 11.9 Å². The number of hydrogen-bond acceptors (Lipinski definition) is 2. The molecule has 108 valence electrons. The molecule has 4 nitrogen and oxygen atoms in total. The highest BCUT2D eigenvalue weighted by Crippen LogP contribution is 2.32. The lowest BCUT2D eigenvalue weighted by Gasteiger charge is -2.32. The molecule has 0 spiro atoms. The minimum atomic E-state index is -1.01. The SMILES string of the molecule is CC(C)[C@@H](C)N(C(=O)c1cccc(C(=O)O)c1)C1CC1. The molecule has 1 aromatic rings. The molecule has 2 rings (SSSR count). The third kappa shape index (κ3) is 3.00. The zero-order valence-corrected chi connectivity index (χ0v) is 12.2. The van der Waals surface area contributed by atoms with Crippen LogP contribution in [-0.2, 0) is 0 Å². The van der Waals surface area contributed by atoms with Crippen molar-refractivity contribution < 1.29 is 14.7 Å². The van der Waals surface area contributed by atoms with Crippen molar-refractivity contribution in [2.24, 2.45) is 5.92 Å². The summed E-state index contributed by atoms with van der Waals surface area (Å²) in [6.45, 7) is 6.25. The number of nitrogens with zero attached hydrogens (tertiary/aromatic N) is 1. The molecule has 1 aromatic carbocycles. The predicted octanol–water partition coefficient (Wildman–Crippen LogP) is 3.03. The Balaban J connectivity index is 2.28. The van der Waals surface area contributed by atoms with Gasteiger partial charge in [0.2, 0.25) is 0 Å². The normalized spacial score (nSPS) is 16.0. The summed E-state index contributed by atoms with van der Waals surface area (Å²) in [6, 6.07) is 6.76. The molecule has 1 N–H and O–H groups in total. The molecule has 0 aromatic heterocycles. The first-order chi connectivity index (χ1) is 9.41. The minimum absolute atomic E-state index is 0.0585. The van der Waals surface area contributed by atoms with Gasteiger partial charge in [0.05, 0.1) is 5.56 Å². The summed E-state index contributed by atoms with van der Waals surface area (Å²) in [4.78, 5) is 25.6. The van der Waals surface area contributed by atoms with E-state index in [4.69, 9.17) is 5.11 Å². The first-order valence-electron chi connectivity index (χ1n) is 7.08. The van der Waals surface area contributed by atoms with Crippen LogP contribution in [0, 0.1) is 5.92 Å². The molecule has 20 heavy (non-hydrogen) atoms. The van der Waals surface area contributed by atoms with Gasteiger partial charge in [-0.15, -0.1) is 0 Å². The molecule has 1 atom stereocenters. The van der Waals surface area contributed by atoms with Crippen LogP contribution in [0.2, 0.25) is 0 Å². The van der Waals surface area contributed by atoms with Gasteiger partial charge in [-0.3, -0.25) is 4.79 Å². The third-order valence-electron chi connectivity index (χ3n) is 3.93. The number of carbonyl (C=O) groups excluding carboxylic acids is 1. The topological polar surface area (TPSA) is 57.6 Å². The Morgan fingerprint density at radius 3 is 2.30 bits per heavy atom. The number of aromatic carboxylic acids is 1. The van der Waals surface area contributed by atoms with Crippen LogP contribution in [0.25, 0.3) is 0 Å². The fraction of sp³-hybridized carbons (Fsp3) is 0.500. The summed E-state index contributed by atoms with van der Waals surface area (Å²) in [7, 11) is 0. The van der Waals surface area contributed by atoms with Crippen molar-refractivity contribution in [3.8, 4) is 0 Å². The number of hydrogen-bond donors (Lipinski definition) is 1. The summed E-state index contributed by atoms with van der Waals surface area (Å²) >= 11 is 0. The van der Waals surface area contributed by atoms with Crippen molar-refractivity contribution in [3.05, 3.63) is 35.4 Å². The van der Waals surface area contributed by atoms with E-state index in [0.29, 0.717) is 17.5 Å². The van der Waals surface area contributed by atoms with E-state index < -0.39 is 5.97 Å². The van der Waals surface area contributed by atoms with Gasteiger partial charge >= 0.3 is 5.97 Å². The first-order valence-corrected chi connectivity index (χ1v) is 7.08. The van der Waals surface area contributed by atoms with Crippen LogP contribution in [-0.4, -0.2) is 34.0 Å². The minimum Gasteiger partial charge on any atom is -0.478 e. The Kier molecular flexibility index (Phi) is 4.12. The lowest BCUT2D eigenvalue weighted by Crippen LogP contribution is -2.43. The number of carboxylic acids is 1.